The number of rotatable bonds is 2. The number of nitrogens with two attached hydrogens (primary N) is 1. The van der Waals surface area contributed by atoms with Crippen molar-refractivity contribution in [2.75, 3.05) is 11.1 Å². The summed E-state index contributed by atoms with van der Waals surface area (Å²) in [4.78, 5) is 15.6. The number of hydrogen-bond donors (Lipinski definition) is 2. The Bertz CT molecular complexity index is 604. The third kappa shape index (κ3) is 2.57. The minimum absolute atomic E-state index is 0.101. The molecule has 1 amide bonds. The molecule has 0 fully saturated rings. The smallest absolute Gasteiger partial charge is 0.258 e. The zero-order chi connectivity index (χ0) is 13.1. The highest BCUT2D eigenvalue weighted by Gasteiger charge is 2.13. The van der Waals surface area contributed by atoms with Gasteiger partial charge in [-0.3, -0.25) is 9.78 Å². The van der Waals surface area contributed by atoms with Gasteiger partial charge in [0.2, 0.25) is 0 Å². The lowest BCUT2D eigenvalue weighted by molar-refractivity contribution is 0.102. The second kappa shape index (κ2) is 5.01. The van der Waals surface area contributed by atoms with Gasteiger partial charge in [-0.05, 0) is 24.3 Å². The minimum Gasteiger partial charge on any atom is -0.396 e. The first-order chi connectivity index (χ1) is 8.58. The van der Waals surface area contributed by atoms with Gasteiger partial charge in [0, 0.05) is 11.2 Å². The van der Waals surface area contributed by atoms with Crippen molar-refractivity contribution in [3.8, 4) is 0 Å². The molecule has 1 aromatic heterocycles. The number of anilines is 2. The van der Waals surface area contributed by atoms with E-state index in [9.17, 15) is 9.18 Å². The Kier molecular flexibility index (Phi) is 3.43. The number of amides is 1. The Morgan fingerprint density at radius 1 is 1.39 bits per heavy atom. The normalized spacial score (nSPS) is 10.1. The van der Waals surface area contributed by atoms with Gasteiger partial charge in [-0.1, -0.05) is 11.6 Å². The van der Waals surface area contributed by atoms with Gasteiger partial charge in [0.1, 0.15) is 5.82 Å². The van der Waals surface area contributed by atoms with Crippen LogP contribution in [-0.4, -0.2) is 10.9 Å². The largest absolute Gasteiger partial charge is 0.396 e. The Balaban J connectivity index is 2.25. The molecule has 0 saturated heterocycles. The maximum absolute atomic E-state index is 13.5. The molecule has 0 bridgehead atoms. The molecule has 0 aliphatic rings. The molecule has 0 radical (unpaired) electrons. The molecule has 2 aromatic rings. The second-order valence-electron chi connectivity index (χ2n) is 3.54. The minimum atomic E-state index is -0.687. The van der Waals surface area contributed by atoms with E-state index in [-0.39, 0.29) is 10.6 Å². The Labute approximate surface area is 108 Å². The monoisotopic (exact) mass is 265 g/mol. The van der Waals surface area contributed by atoms with Crippen molar-refractivity contribution >= 4 is 28.9 Å². The summed E-state index contributed by atoms with van der Waals surface area (Å²) in [6.45, 7) is 0. The van der Waals surface area contributed by atoms with E-state index in [1.165, 1.54) is 30.6 Å². The molecular weight excluding hydrogens is 257 g/mol. The summed E-state index contributed by atoms with van der Waals surface area (Å²) in [5.74, 6) is -1.28. The molecule has 1 aromatic carbocycles. The Morgan fingerprint density at radius 2 is 2.17 bits per heavy atom. The average molecular weight is 266 g/mol. The molecule has 0 unspecified atom stereocenters. The van der Waals surface area contributed by atoms with E-state index in [2.05, 4.69) is 10.3 Å². The Hall–Kier alpha value is -2.14. The summed E-state index contributed by atoms with van der Waals surface area (Å²) >= 11 is 5.61. The summed E-state index contributed by atoms with van der Waals surface area (Å²) < 4.78 is 13.5. The van der Waals surface area contributed by atoms with Crippen LogP contribution in [0.25, 0.3) is 0 Å². The van der Waals surface area contributed by atoms with Crippen LogP contribution in [0.1, 0.15) is 10.4 Å². The molecule has 0 atom stereocenters. The van der Waals surface area contributed by atoms with E-state index in [0.29, 0.717) is 11.4 Å². The van der Waals surface area contributed by atoms with Crippen molar-refractivity contribution in [1.82, 2.24) is 4.98 Å². The van der Waals surface area contributed by atoms with Gasteiger partial charge >= 0.3 is 0 Å². The third-order valence-electron chi connectivity index (χ3n) is 2.28. The van der Waals surface area contributed by atoms with E-state index in [4.69, 9.17) is 17.3 Å². The number of carbonyl (C=O) groups excluding carboxylic acids is 1. The lowest BCUT2D eigenvalue weighted by atomic mass is 10.2. The van der Waals surface area contributed by atoms with E-state index in [0.717, 1.165) is 6.07 Å². The zero-order valence-electron chi connectivity index (χ0n) is 9.15. The summed E-state index contributed by atoms with van der Waals surface area (Å²) in [6.07, 6.45) is 2.87. The number of nitrogens with zero attached hydrogens (tertiary/aromatic N) is 1. The third-order valence-corrected chi connectivity index (χ3v) is 2.51. The number of halogens is 2. The molecule has 0 aliphatic carbocycles. The maximum Gasteiger partial charge on any atom is 0.258 e. The van der Waals surface area contributed by atoms with Crippen LogP contribution in [0.2, 0.25) is 5.02 Å². The average Bonchev–Trinajstić information content (AvgIpc) is 2.32. The van der Waals surface area contributed by atoms with Crippen molar-refractivity contribution < 1.29 is 9.18 Å². The van der Waals surface area contributed by atoms with Crippen LogP contribution in [0.3, 0.4) is 0 Å². The van der Waals surface area contributed by atoms with Gasteiger partial charge in [0.05, 0.1) is 23.1 Å². The first kappa shape index (κ1) is 12.3. The highest BCUT2D eigenvalue weighted by Crippen LogP contribution is 2.19. The molecule has 3 N–H and O–H groups in total. The quantitative estimate of drug-likeness (QED) is 0.877. The summed E-state index contributed by atoms with van der Waals surface area (Å²) in [5, 5.41) is 2.73. The predicted octanol–water partition coefficient (Wildman–Crippen LogP) is 2.71. The highest BCUT2D eigenvalue weighted by molar-refractivity contribution is 6.30. The first-order valence-corrected chi connectivity index (χ1v) is 5.41. The molecule has 6 heteroatoms. The zero-order valence-corrected chi connectivity index (χ0v) is 9.91. The molecule has 0 spiro atoms. The number of aromatic nitrogens is 1. The number of carbonyl (C=O) groups is 1. The summed E-state index contributed by atoms with van der Waals surface area (Å²) in [6, 6.07) is 5.35. The van der Waals surface area contributed by atoms with Gasteiger partial charge in [-0.2, -0.15) is 0 Å². The van der Waals surface area contributed by atoms with Crippen LogP contribution >= 0.6 is 11.6 Å². The van der Waals surface area contributed by atoms with Gasteiger partial charge < -0.3 is 11.1 Å². The summed E-state index contributed by atoms with van der Waals surface area (Å²) in [5.41, 5.74) is 6.20. The highest BCUT2D eigenvalue weighted by atomic mass is 35.5. The van der Waals surface area contributed by atoms with Crippen LogP contribution in [0.4, 0.5) is 15.8 Å². The fraction of sp³-hybridized carbons (Fsp3) is 0. The number of hydrogen-bond acceptors (Lipinski definition) is 3. The predicted molar refractivity (Wildman–Crippen MR) is 68.0 cm³/mol. The fourth-order valence-corrected chi connectivity index (χ4v) is 1.54. The standard InChI is InChI=1S/C12H9ClFN3O/c13-7-1-2-8(9(14)5-7)12(18)17-11-3-4-16-6-10(11)15/h1-6H,15H2,(H,16,17,18). The first-order valence-electron chi connectivity index (χ1n) is 5.04. The van der Waals surface area contributed by atoms with Crippen molar-refractivity contribution in [3.05, 3.63) is 53.1 Å². The van der Waals surface area contributed by atoms with Gasteiger partial charge in [-0.25, -0.2) is 4.39 Å². The fourth-order valence-electron chi connectivity index (χ4n) is 1.38. The van der Waals surface area contributed by atoms with Crippen molar-refractivity contribution in [1.29, 1.82) is 0 Å². The number of nitrogens with one attached hydrogen (secondary N) is 1. The number of pyridine rings is 1. The molecule has 0 aliphatic heterocycles. The molecule has 92 valence electrons. The van der Waals surface area contributed by atoms with E-state index < -0.39 is 11.7 Å². The Morgan fingerprint density at radius 3 is 2.83 bits per heavy atom. The van der Waals surface area contributed by atoms with Crippen molar-refractivity contribution in [3.63, 3.8) is 0 Å². The van der Waals surface area contributed by atoms with Crippen LogP contribution in [-0.2, 0) is 0 Å². The van der Waals surface area contributed by atoms with Crippen LogP contribution in [0, 0.1) is 5.82 Å². The van der Waals surface area contributed by atoms with Crippen molar-refractivity contribution in [2.24, 2.45) is 0 Å². The number of benzene rings is 1. The van der Waals surface area contributed by atoms with Crippen molar-refractivity contribution in [2.45, 2.75) is 0 Å². The molecule has 1 heterocycles. The molecular formula is C12H9ClFN3O. The van der Waals surface area contributed by atoms with Gasteiger partial charge in [-0.15, -0.1) is 0 Å². The van der Waals surface area contributed by atoms with E-state index >= 15 is 0 Å². The number of nitrogen functional groups attached to an aromatic ring is 1. The summed E-state index contributed by atoms with van der Waals surface area (Å²) in [7, 11) is 0. The lowest BCUT2D eigenvalue weighted by Crippen LogP contribution is -2.14. The molecule has 18 heavy (non-hydrogen) atoms. The SMILES string of the molecule is Nc1cnccc1NC(=O)c1ccc(Cl)cc1F. The van der Waals surface area contributed by atoms with E-state index in [1.54, 1.807) is 0 Å². The molecule has 0 saturated carbocycles. The van der Waals surface area contributed by atoms with Gasteiger partial charge in [0.15, 0.2) is 0 Å². The van der Waals surface area contributed by atoms with Crippen LogP contribution < -0.4 is 11.1 Å². The maximum atomic E-state index is 13.5. The lowest BCUT2D eigenvalue weighted by Gasteiger charge is -2.08. The van der Waals surface area contributed by atoms with Gasteiger partial charge in [0.25, 0.3) is 5.91 Å². The molecule has 4 nitrogen and oxygen atoms in total. The topological polar surface area (TPSA) is 68.0 Å². The second-order valence-corrected chi connectivity index (χ2v) is 3.98. The van der Waals surface area contributed by atoms with E-state index in [1.807, 2.05) is 0 Å². The molecule has 2 rings (SSSR count). The van der Waals surface area contributed by atoms with Crippen LogP contribution in [0.15, 0.2) is 36.7 Å². The van der Waals surface area contributed by atoms with Crippen LogP contribution in [0.5, 0.6) is 0 Å².